The van der Waals surface area contributed by atoms with Gasteiger partial charge >= 0.3 is 0 Å². The van der Waals surface area contributed by atoms with E-state index in [-0.39, 0.29) is 11.8 Å². The topological polar surface area (TPSA) is 67.9 Å². The quantitative estimate of drug-likeness (QED) is 0.492. The molecule has 1 aromatic heterocycles. The normalized spacial score (nSPS) is 11.5. The first-order valence-corrected chi connectivity index (χ1v) is 11.4. The Morgan fingerprint density at radius 3 is 2.50 bits per heavy atom. The van der Waals surface area contributed by atoms with E-state index in [0.717, 1.165) is 10.4 Å². The van der Waals surface area contributed by atoms with Crippen LogP contribution in [0, 0.1) is 0 Å². The second-order valence-electron chi connectivity index (χ2n) is 7.27. The fourth-order valence-corrected chi connectivity index (χ4v) is 3.86. The Kier molecular flexibility index (Phi) is 8.27. The first kappa shape index (κ1) is 23.3. The van der Waals surface area contributed by atoms with Crippen LogP contribution in [0.15, 0.2) is 66.0 Å². The van der Waals surface area contributed by atoms with Crippen molar-refractivity contribution in [1.82, 2.24) is 10.2 Å². The fourth-order valence-electron chi connectivity index (χ4n) is 3.24. The van der Waals surface area contributed by atoms with Crippen LogP contribution in [0.2, 0.25) is 0 Å². The van der Waals surface area contributed by atoms with Crippen LogP contribution in [0.3, 0.4) is 0 Å². The molecule has 1 unspecified atom stereocenters. The molecule has 2 amide bonds. The fraction of sp³-hybridized carbons (Fsp3) is 0.280. The molecule has 0 fully saturated rings. The monoisotopic (exact) mass is 452 g/mol. The van der Waals surface area contributed by atoms with Crippen molar-refractivity contribution in [2.24, 2.45) is 0 Å². The van der Waals surface area contributed by atoms with Crippen molar-refractivity contribution in [3.05, 3.63) is 82.0 Å². The van der Waals surface area contributed by atoms with Crippen LogP contribution in [-0.2, 0) is 17.9 Å². The summed E-state index contributed by atoms with van der Waals surface area (Å²) >= 11 is 1.64. The van der Waals surface area contributed by atoms with Crippen molar-refractivity contribution in [3.8, 4) is 11.5 Å². The lowest BCUT2D eigenvalue weighted by Gasteiger charge is -2.25. The summed E-state index contributed by atoms with van der Waals surface area (Å²) in [7, 11) is 1.60. The maximum absolute atomic E-state index is 13.0. The molecule has 7 heteroatoms. The Morgan fingerprint density at radius 1 is 1.06 bits per heavy atom. The second kappa shape index (κ2) is 11.3. The van der Waals surface area contributed by atoms with Crippen molar-refractivity contribution in [3.63, 3.8) is 0 Å². The van der Waals surface area contributed by atoms with Gasteiger partial charge < -0.3 is 19.7 Å². The second-order valence-corrected chi connectivity index (χ2v) is 8.30. The van der Waals surface area contributed by atoms with E-state index in [1.807, 2.05) is 48.7 Å². The third-order valence-electron chi connectivity index (χ3n) is 5.00. The molecule has 3 rings (SSSR count). The molecular weight excluding hydrogens is 424 g/mol. The van der Waals surface area contributed by atoms with E-state index in [4.69, 9.17) is 9.47 Å². The molecule has 32 heavy (non-hydrogen) atoms. The smallest absolute Gasteiger partial charge is 0.251 e. The van der Waals surface area contributed by atoms with Crippen molar-refractivity contribution >= 4 is 23.2 Å². The van der Waals surface area contributed by atoms with E-state index >= 15 is 0 Å². The summed E-state index contributed by atoms with van der Waals surface area (Å²) in [5.41, 5.74) is 1.44. The number of methoxy groups -OCH3 is 1. The Bertz CT molecular complexity index is 1020. The van der Waals surface area contributed by atoms with Crippen LogP contribution in [0.4, 0.5) is 0 Å². The van der Waals surface area contributed by atoms with Crippen molar-refractivity contribution in [1.29, 1.82) is 0 Å². The van der Waals surface area contributed by atoms with E-state index in [0.29, 0.717) is 36.8 Å². The molecule has 0 bridgehead atoms. The summed E-state index contributed by atoms with van der Waals surface area (Å²) in [6.45, 7) is 5.02. The van der Waals surface area contributed by atoms with Crippen molar-refractivity contribution < 1.29 is 19.1 Å². The number of benzene rings is 2. The average molecular weight is 453 g/mol. The predicted molar refractivity (Wildman–Crippen MR) is 126 cm³/mol. The highest BCUT2D eigenvalue weighted by Gasteiger charge is 2.22. The van der Waals surface area contributed by atoms with Crippen LogP contribution in [0.1, 0.15) is 34.6 Å². The molecule has 168 valence electrons. The summed E-state index contributed by atoms with van der Waals surface area (Å²) < 4.78 is 11.4. The van der Waals surface area contributed by atoms with Gasteiger partial charge in [-0.15, -0.1) is 11.3 Å². The highest BCUT2D eigenvalue weighted by molar-refractivity contribution is 7.09. The van der Waals surface area contributed by atoms with Gasteiger partial charge in [0.25, 0.3) is 5.91 Å². The molecule has 0 saturated carbocycles. The first-order valence-electron chi connectivity index (χ1n) is 10.5. The average Bonchev–Trinajstić information content (AvgIpc) is 3.35. The first-order chi connectivity index (χ1) is 15.5. The summed E-state index contributed by atoms with van der Waals surface area (Å²) in [6, 6.07) is 17.9. The number of carbonyl (C=O) groups excluding carboxylic acids is 2. The molecule has 0 aliphatic rings. The maximum atomic E-state index is 13.0. The number of hydrogen-bond donors (Lipinski definition) is 1. The van der Waals surface area contributed by atoms with Crippen LogP contribution in [0.25, 0.3) is 0 Å². The molecule has 1 atom stereocenters. The highest BCUT2D eigenvalue weighted by Crippen LogP contribution is 2.29. The number of rotatable bonds is 10. The summed E-state index contributed by atoms with van der Waals surface area (Å²) in [5, 5.41) is 4.80. The number of hydrogen-bond acceptors (Lipinski definition) is 5. The molecule has 1 N–H and O–H groups in total. The molecule has 0 aliphatic carbocycles. The SMILES string of the molecule is CCN(Cc1ccc(OCc2cccs2)c(OC)c1)C(=O)C(C)NC(=O)c1ccccc1. The molecule has 2 aromatic carbocycles. The number of nitrogens with one attached hydrogen (secondary N) is 1. The Balaban J connectivity index is 1.63. The molecule has 1 heterocycles. The zero-order chi connectivity index (χ0) is 22.9. The Labute approximate surface area is 192 Å². The van der Waals surface area contributed by atoms with Crippen LogP contribution >= 0.6 is 11.3 Å². The van der Waals surface area contributed by atoms with Gasteiger partial charge in [0.1, 0.15) is 12.6 Å². The van der Waals surface area contributed by atoms with Gasteiger partial charge in [-0.2, -0.15) is 0 Å². The summed E-state index contributed by atoms with van der Waals surface area (Å²) in [5.74, 6) is 0.862. The minimum absolute atomic E-state index is 0.145. The van der Waals surface area contributed by atoms with Gasteiger partial charge in [-0.05, 0) is 55.1 Å². The summed E-state index contributed by atoms with van der Waals surface area (Å²) in [4.78, 5) is 28.2. The van der Waals surface area contributed by atoms with Gasteiger partial charge in [-0.1, -0.05) is 30.3 Å². The van der Waals surface area contributed by atoms with E-state index in [9.17, 15) is 9.59 Å². The van der Waals surface area contributed by atoms with Gasteiger partial charge in [0.05, 0.1) is 7.11 Å². The van der Waals surface area contributed by atoms with Gasteiger partial charge in [0.15, 0.2) is 11.5 Å². The third kappa shape index (κ3) is 6.11. The van der Waals surface area contributed by atoms with Gasteiger partial charge in [-0.25, -0.2) is 0 Å². The maximum Gasteiger partial charge on any atom is 0.251 e. The van der Waals surface area contributed by atoms with Gasteiger partial charge in [-0.3, -0.25) is 9.59 Å². The number of nitrogens with zero attached hydrogens (tertiary/aromatic N) is 1. The lowest BCUT2D eigenvalue weighted by molar-refractivity contribution is -0.133. The number of thiophene rings is 1. The zero-order valence-corrected chi connectivity index (χ0v) is 19.4. The largest absolute Gasteiger partial charge is 0.493 e. The molecule has 0 saturated heterocycles. The standard InChI is InChI=1S/C25H28N2O4S/c1-4-27(25(29)18(2)26-24(28)20-9-6-5-7-10-20)16-19-12-13-22(23(15-19)30-3)31-17-21-11-8-14-32-21/h5-15,18H,4,16-17H2,1-3H3,(H,26,28). The van der Waals surface area contributed by atoms with Crippen LogP contribution in [-0.4, -0.2) is 36.4 Å². The Morgan fingerprint density at radius 2 is 1.84 bits per heavy atom. The van der Waals surface area contributed by atoms with E-state index in [1.54, 1.807) is 54.5 Å². The van der Waals surface area contributed by atoms with Crippen LogP contribution < -0.4 is 14.8 Å². The van der Waals surface area contributed by atoms with Gasteiger partial charge in [0, 0.05) is 23.5 Å². The van der Waals surface area contributed by atoms with Crippen molar-refractivity contribution in [2.45, 2.75) is 33.0 Å². The summed E-state index contributed by atoms with van der Waals surface area (Å²) in [6.07, 6.45) is 0. The van der Waals surface area contributed by atoms with Crippen molar-refractivity contribution in [2.75, 3.05) is 13.7 Å². The number of likely N-dealkylation sites (N-methyl/N-ethyl adjacent to an activating group) is 1. The Hall–Kier alpha value is -3.32. The highest BCUT2D eigenvalue weighted by atomic mass is 32.1. The van der Waals surface area contributed by atoms with E-state index in [2.05, 4.69) is 5.32 Å². The molecule has 3 aromatic rings. The third-order valence-corrected chi connectivity index (χ3v) is 5.85. The van der Waals surface area contributed by atoms with Crippen LogP contribution in [0.5, 0.6) is 11.5 Å². The van der Waals surface area contributed by atoms with Gasteiger partial charge in [0.2, 0.25) is 5.91 Å². The lowest BCUT2D eigenvalue weighted by atomic mass is 10.1. The lowest BCUT2D eigenvalue weighted by Crippen LogP contribution is -2.46. The molecule has 0 radical (unpaired) electrons. The number of amides is 2. The minimum Gasteiger partial charge on any atom is -0.493 e. The molecule has 0 spiro atoms. The number of ether oxygens (including phenoxy) is 2. The van der Waals surface area contributed by atoms with E-state index < -0.39 is 6.04 Å². The predicted octanol–water partition coefficient (Wildman–Crippen LogP) is 4.50. The molecule has 0 aliphatic heterocycles. The molecule has 6 nitrogen and oxygen atoms in total. The number of carbonyl (C=O) groups is 2. The molecular formula is C25H28N2O4S. The minimum atomic E-state index is -0.641. The van der Waals surface area contributed by atoms with E-state index in [1.165, 1.54) is 0 Å². The zero-order valence-electron chi connectivity index (χ0n) is 18.5.